The minimum absolute atomic E-state index is 0.386. The summed E-state index contributed by atoms with van der Waals surface area (Å²) in [7, 11) is 0. The second-order valence-electron chi connectivity index (χ2n) is 4.42. The number of hydrogen-bond acceptors (Lipinski definition) is 3. The highest BCUT2D eigenvalue weighted by atomic mass is 32.2. The molecular weight excluding hydrogens is 278 g/mol. The molecule has 0 aromatic heterocycles. The molecule has 108 valence electrons. The Balaban J connectivity index is 1.66. The first-order valence-electron chi connectivity index (χ1n) is 6.92. The molecule has 0 aliphatic rings. The predicted molar refractivity (Wildman–Crippen MR) is 90.5 cm³/mol. The second kappa shape index (κ2) is 9.12. The third-order valence-corrected chi connectivity index (χ3v) is 3.79. The molecule has 2 aromatic carbocycles. The van der Waals surface area contributed by atoms with E-state index in [9.17, 15) is 0 Å². The van der Waals surface area contributed by atoms with Crippen LogP contribution in [0.15, 0.2) is 54.6 Å². The van der Waals surface area contributed by atoms with Crippen molar-refractivity contribution in [3.8, 4) is 17.6 Å². The van der Waals surface area contributed by atoms with Crippen LogP contribution in [0.5, 0.6) is 5.75 Å². The van der Waals surface area contributed by atoms with Crippen molar-refractivity contribution in [1.29, 1.82) is 0 Å². The van der Waals surface area contributed by atoms with Gasteiger partial charge in [-0.15, -0.1) is 0 Å². The van der Waals surface area contributed by atoms with Crippen LogP contribution in [-0.4, -0.2) is 18.9 Å². The van der Waals surface area contributed by atoms with Crippen LogP contribution in [0.4, 0.5) is 0 Å². The zero-order chi connectivity index (χ0) is 14.8. The van der Waals surface area contributed by atoms with E-state index in [-0.39, 0.29) is 0 Å². The Labute approximate surface area is 130 Å². The van der Waals surface area contributed by atoms with Crippen molar-refractivity contribution in [1.82, 2.24) is 0 Å². The number of ether oxygens (including phenoxy) is 1. The molecule has 2 aromatic rings. The van der Waals surface area contributed by atoms with E-state index in [0.29, 0.717) is 13.2 Å². The molecule has 21 heavy (non-hydrogen) atoms. The molecule has 0 radical (unpaired) electrons. The zero-order valence-electron chi connectivity index (χ0n) is 11.9. The normalized spacial score (nSPS) is 9.76. The number of hydrogen-bond donors (Lipinski definition) is 1. The van der Waals surface area contributed by atoms with Crippen molar-refractivity contribution in [3.05, 3.63) is 65.7 Å². The van der Waals surface area contributed by atoms with Gasteiger partial charge in [-0.3, -0.25) is 0 Å². The number of thioether (sulfide) groups is 1. The summed E-state index contributed by atoms with van der Waals surface area (Å²) in [4.78, 5) is 0. The zero-order valence-corrected chi connectivity index (χ0v) is 12.7. The second-order valence-corrected chi connectivity index (χ2v) is 5.52. The molecule has 0 amide bonds. The van der Waals surface area contributed by atoms with E-state index in [4.69, 9.17) is 10.5 Å². The van der Waals surface area contributed by atoms with Crippen LogP contribution in [-0.2, 0) is 5.75 Å². The molecule has 0 aliphatic carbocycles. The SMILES string of the molecule is NCC#Cc1ccc(OCCSCc2ccccc2)cc1. The van der Waals surface area contributed by atoms with Gasteiger partial charge < -0.3 is 10.5 Å². The highest BCUT2D eigenvalue weighted by molar-refractivity contribution is 7.98. The van der Waals surface area contributed by atoms with Crippen LogP contribution < -0.4 is 10.5 Å². The van der Waals surface area contributed by atoms with Crippen molar-refractivity contribution in [2.75, 3.05) is 18.9 Å². The van der Waals surface area contributed by atoms with Gasteiger partial charge in [-0.25, -0.2) is 0 Å². The molecule has 0 saturated carbocycles. The molecule has 0 spiro atoms. The summed E-state index contributed by atoms with van der Waals surface area (Å²) in [6.45, 7) is 1.10. The first-order chi connectivity index (χ1) is 10.4. The minimum Gasteiger partial charge on any atom is -0.493 e. The molecule has 0 bridgehead atoms. The van der Waals surface area contributed by atoms with Crippen molar-refractivity contribution in [2.45, 2.75) is 5.75 Å². The van der Waals surface area contributed by atoms with Crippen molar-refractivity contribution < 1.29 is 4.74 Å². The molecular formula is C18H19NOS. The summed E-state index contributed by atoms with van der Waals surface area (Å²) in [5, 5.41) is 0. The van der Waals surface area contributed by atoms with E-state index in [1.807, 2.05) is 42.1 Å². The Kier molecular flexibility index (Phi) is 6.73. The van der Waals surface area contributed by atoms with Gasteiger partial charge in [-0.05, 0) is 29.8 Å². The molecule has 2 rings (SSSR count). The van der Waals surface area contributed by atoms with Crippen LogP contribution in [0, 0.1) is 11.8 Å². The Morgan fingerprint density at radius 3 is 2.48 bits per heavy atom. The summed E-state index contributed by atoms with van der Waals surface area (Å²) in [5.41, 5.74) is 7.66. The fourth-order valence-electron chi connectivity index (χ4n) is 1.77. The Morgan fingerprint density at radius 2 is 1.76 bits per heavy atom. The van der Waals surface area contributed by atoms with Crippen LogP contribution in [0.2, 0.25) is 0 Å². The van der Waals surface area contributed by atoms with Crippen LogP contribution in [0.3, 0.4) is 0 Å². The topological polar surface area (TPSA) is 35.2 Å². The lowest BCUT2D eigenvalue weighted by Crippen LogP contribution is -2.00. The lowest BCUT2D eigenvalue weighted by molar-refractivity contribution is 0.344. The first kappa shape index (κ1) is 15.5. The summed E-state index contributed by atoms with van der Waals surface area (Å²) in [6, 6.07) is 18.3. The van der Waals surface area contributed by atoms with Crippen LogP contribution in [0.1, 0.15) is 11.1 Å². The van der Waals surface area contributed by atoms with E-state index in [1.165, 1.54) is 5.56 Å². The molecule has 0 heterocycles. The number of nitrogens with two attached hydrogens (primary N) is 1. The van der Waals surface area contributed by atoms with Gasteiger partial charge in [0.1, 0.15) is 5.75 Å². The largest absolute Gasteiger partial charge is 0.493 e. The van der Waals surface area contributed by atoms with Gasteiger partial charge in [0.15, 0.2) is 0 Å². The average Bonchev–Trinajstić information content (AvgIpc) is 2.55. The Morgan fingerprint density at radius 1 is 1.00 bits per heavy atom. The summed E-state index contributed by atoms with van der Waals surface area (Å²) in [5.74, 6) is 8.71. The monoisotopic (exact) mass is 297 g/mol. The number of rotatable bonds is 6. The fraction of sp³-hybridized carbons (Fsp3) is 0.222. The van der Waals surface area contributed by atoms with Crippen molar-refractivity contribution in [2.24, 2.45) is 5.73 Å². The summed E-state index contributed by atoms with van der Waals surface area (Å²) < 4.78 is 5.71. The smallest absolute Gasteiger partial charge is 0.119 e. The van der Waals surface area contributed by atoms with Crippen LogP contribution in [0.25, 0.3) is 0 Å². The minimum atomic E-state index is 0.386. The molecule has 3 heteroatoms. The molecule has 0 fully saturated rings. The summed E-state index contributed by atoms with van der Waals surface area (Å²) in [6.07, 6.45) is 0. The van der Waals surface area contributed by atoms with Gasteiger partial charge in [-0.2, -0.15) is 11.8 Å². The van der Waals surface area contributed by atoms with Gasteiger partial charge >= 0.3 is 0 Å². The maximum atomic E-state index is 5.71. The third kappa shape index (κ3) is 5.95. The Hall–Kier alpha value is -1.89. The standard InChI is InChI=1S/C18H19NOS/c19-12-4-7-16-8-10-18(11-9-16)20-13-14-21-15-17-5-2-1-3-6-17/h1-3,5-6,8-11H,12-15,19H2. The average molecular weight is 297 g/mol. The lowest BCUT2D eigenvalue weighted by Gasteiger charge is -2.06. The molecule has 0 saturated heterocycles. The fourth-order valence-corrected chi connectivity index (χ4v) is 2.54. The molecule has 2 nitrogen and oxygen atoms in total. The Bertz CT molecular complexity index is 584. The molecule has 0 unspecified atom stereocenters. The van der Waals surface area contributed by atoms with Gasteiger partial charge in [0.2, 0.25) is 0 Å². The maximum Gasteiger partial charge on any atom is 0.119 e. The van der Waals surface area contributed by atoms with Gasteiger partial charge in [0, 0.05) is 17.1 Å². The quantitative estimate of drug-likeness (QED) is 0.656. The summed E-state index contributed by atoms with van der Waals surface area (Å²) >= 11 is 1.88. The van der Waals surface area contributed by atoms with E-state index >= 15 is 0 Å². The first-order valence-corrected chi connectivity index (χ1v) is 8.07. The lowest BCUT2D eigenvalue weighted by atomic mass is 10.2. The molecule has 2 N–H and O–H groups in total. The van der Waals surface area contributed by atoms with E-state index in [1.54, 1.807) is 0 Å². The maximum absolute atomic E-state index is 5.71. The van der Waals surface area contributed by atoms with Crippen LogP contribution >= 0.6 is 11.8 Å². The number of benzene rings is 2. The van der Waals surface area contributed by atoms with Crippen molar-refractivity contribution >= 4 is 11.8 Å². The van der Waals surface area contributed by atoms with E-state index < -0.39 is 0 Å². The highest BCUT2D eigenvalue weighted by Gasteiger charge is 1.96. The van der Waals surface area contributed by atoms with E-state index in [2.05, 4.69) is 36.1 Å². The van der Waals surface area contributed by atoms with Crippen molar-refractivity contribution in [3.63, 3.8) is 0 Å². The van der Waals surface area contributed by atoms with Gasteiger partial charge in [0.05, 0.1) is 13.2 Å². The third-order valence-electron chi connectivity index (χ3n) is 2.80. The highest BCUT2D eigenvalue weighted by Crippen LogP contribution is 2.14. The predicted octanol–water partition coefficient (Wildman–Crippen LogP) is 3.31. The van der Waals surface area contributed by atoms with Gasteiger partial charge in [-0.1, -0.05) is 42.2 Å². The van der Waals surface area contributed by atoms with Gasteiger partial charge in [0.25, 0.3) is 0 Å². The molecule has 0 aliphatic heterocycles. The van der Waals surface area contributed by atoms with E-state index in [0.717, 1.165) is 22.8 Å². The molecule has 0 atom stereocenters.